The maximum absolute atomic E-state index is 5.51. The molecule has 0 atom stereocenters. The Morgan fingerprint density at radius 1 is 1.21 bits per heavy atom. The first-order valence-corrected chi connectivity index (χ1v) is 6.94. The number of benzene rings is 1. The third-order valence-corrected chi connectivity index (χ3v) is 4.02. The van der Waals surface area contributed by atoms with Crippen molar-refractivity contribution in [3.05, 3.63) is 47.6 Å². The van der Waals surface area contributed by atoms with Gasteiger partial charge >= 0.3 is 0 Å². The van der Waals surface area contributed by atoms with E-state index in [2.05, 4.69) is 34.4 Å². The number of nitrogens with zero attached hydrogens (tertiary/aromatic N) is 2. The Kier molecular flexibility index (Phi) is 3.34. The van der Waals surface area contributed by atoms with Gasteiger partial charge in [0.2, 0.25) is 5.89 Å². The van der Waals surface area contributed by atoms with Gasteiger partial charge in [0.25, 0.3) is 0 Å². The fraction of sp³-hybridized carbons (Fsp3) is 0.467. The number of nitrogens with two attached hydrogens (primary N) is 1. The molecule has 1 aromatic heterocycles. The van der Waals surface area contributed by atoms with Crippen molar-refractivity contribution in [2.45, 2.75) is 37.5 Å². The first-order chi connectivity index (χ1) is 9.35. The lowest BCUT2D eigenvalue weighted by molar-refractivity contribution is 0.271. The maximum atomic E-state index is 5.51. The van der Waals surface area contributed by atoms with Crippen LogP contribution < -0.4 is 5.73 Å². The largest absolute Gasteiger partial charge is 0.339 e. The van der Waals surface area contributed by atoms with Gasteiger partial charge in [0.15, 0.2) is 5.82 Å². The summed E-state index contributed by atoms with van der Waals surface area (Å²) in [6.45, 7) is 0.654. The minimum Gasteiger partial charge on any atom is -0.339 e. The molecule has 4 nitrogen and oxygen atoms in total. The summed E-state index contributed by atoms with van der Waals surface area (Å²) < 4.78 is 5.35. The van der Waals surface area contributed by atoms with E-state index in [1.54, 1.807) is 0 Å². The van der Waals surface area contributed by atoms with Crippen LogP contribution in [0.5, 0.6) is 0 Å². The van der Waals surface area contributed by atoms with Crippen molar-refractivity contribution < 1.29 is 4.52 Å². The maximum Gasteiger partial charge on any atom is 0.226 e. The zero-order chi connectivity index (χ0) is 13.1. The lowest BCUT2D eigenvalue weighted by Crippen LogP contribution is -2.36. The fourth-order valence-corrected chi connectivity index (χ4v) is 2.73. The third-order valence-electron chi connectivity index (χ3n) is 4.02. The van der Waals surface area contributed by atoms with E-state index in [0.717, 1.165) is 31.5 Å². The van der Waals surface area contributed by atoms with Crippen LogP contribution in [0.1, 0.15) is 43.0 Å². The van der Waals surface area contributed by atoms with Crippen LogP contribution in [-0.4, -0.2) is 16.7 Å². The van der Waals surface area contributed by atoms with Gasteiger partial charge in [-0.15, -0.1) is 0 Å². The number of aryl methyl sites for hydroxylation is 1. The van der Waals surface area contributed by atoms with Crippen molar-refractivity contribution >= 4 is 0 Å². The van der Waals surface area contributed by atoms with Gasteiger partial charge in [-0.05, 0) is 31.4 Å². The Morgan fingerprint density at radius 3 is 2.63 bits per heavy atom. The lowest BCUT2D eigenvalue weighted by Gasteiger charge is -2.39. The highest BCUT2D eigenvalue weighted by atomic mass is 16.5. The van der Waals surface area contributed by atoms with Crippen LogP contribution in [0.2, 0.25) is 0 Å². The van der Waals surface area contributed by atoms with E-state index in [9.17, 15) is 0 Å². The van der Waals surface area contributed by atoms with Gasteiger partial charge in [-0.3, -0.25) is 0 Å². The molecule has 1 heterocycles. The van der Waals surface area contributed by atoms with Crippen molar-refractivity contribution in [3.8, 4) is 0 Å². The molecule has 2 N–H and O–H groups in total. The van der Waals surface area contributed by atoms with E-state index in [0.29, 0.717) is 12.4 Å². The minimum atomic E-state index is -0.0221. The highest BCUT2D eigenvalue weighted by Gasteiger charge is 2.44. The standard InChI is InChI=1S/C15H19N3O/c16-11-4-8-13-17-14(18-19-13)15(9-5-10-15)12-6-2-1-3-7-12/h1-3,6-7H,4-5,8-11,16H2. The second kappa shape index (κ2) is 5.13. The summed E-state index contributed by atoms with van der Waals surface area (Å²) in [5.41, 5.74) is 6.78. The monoisotopic (exact) mass is 257 g/mol. The van der Waals surface area contributed by atoms with Gasteiger partial charge in [-0.25, -0.2) is 0 Å². The van der Waals surface area contributed by atoms with Crippen LogP contribution in [0.15, 0.2) is 34.9 Å². The third kappa shape index (κ3) is 2.16. The van der Waals surface area contributed by atoms with Gasteiger partial charge in [-0.1, -0.05) is 41.9 Å². The van der Waals surface area contributed by atoms with Crippen molar-refractivity contribution in [3.63, 3.8) is 0 Å². The minimum absolute atomic E-state index is 0.0221. The second-order valence-corrected chi connectivity index (χ2v) is 5.21. The van der Waals surface area contributed by atoms with E-state index >= 15 is 0 Å². The van der Waals surface area contributed by atoms with Crippen LogP contribution >= 0.6 is 0 Å². The normalized spacial score (nSPS) is 17.1. The highest BCUT2D eigenvalue weighted by molar-refractivity contribution is 5.35. The summed E-state index contributed by atoms with van der Waals surface area (Å²) >= 11 is 0. The predicted molar refractivity (Wildman–Crippen MR) is 72.7 cm³/mol. The number of hydrogen-bond acceptors (Lipinski definition) is 4. The zero-order valence-electron chi connectivity index (χ0n) is 11.0. The number of aromatic nitrogens is 2. The molecule has 19 heavy (non-hydrogen) atoms. The molecule has 3 rings (SSSR count). The van der Waals surface area contributed by atoms with Gasteiger partial charge in [0.05, 0.1) is 5.41 Å². The van der Waals surface area contributed by atoms with Crippen LogP contribution in [-0.2, 0) is 11.8 Å². The quantitative estimate of drug-likeness (QED) is 0.893. The first-order valence-electron chi connectivity index (χ1n) is 6.94. The van der Waals surface area contributed by atoms with E-state index in [-0.39, 0.29) is 5.41 Å². The van der Waals surface area contributed by atoms with E-state index in [4.69, 9.17) is 10.3 Å². The first kappa shape index (κ1) is 12.4. The van der Waals surface area contributed by atoms with Gasteiger partial charge in [-0.2, -0.15) is 4.98 Å². The predicted octanol–water partition coefficient (Wildman–Crippen LogP) is 2.43. The van der Waals surface area contributed by atoms with Crippen molar-refractivity contribution in [2.75, 3.05) is 6.54 Å². The molecular weight excluding hydrogens is 238 g/mol. The van der Waals surface area contributed by atoms with Gasteiger partial charge < -0.3 is 10.3 Å². The molecule has 1 aliphatic carbocycles. The van der Waals surface area contributed by atoms with Gasteiger partial charge in [0, 0.05) is 6.42 Å². The molecule has 100 valence electrons. The molecule has 1 saturated carbocycles. The summed E-state index contributed by atoms with van der Waals surface area (Å²) in [6.07, 6.45) is 5.09. The molecule has 2 aromatic rings. The number of rotatable bonds is 5. The van der Waals surface area contributed by atoms with Crippen molar-refractivity contribution in [2.24, 2.45) is 5.73 Å². The molecule has 0 saturated heterocycles. The summed E-state index contributed by atoms with van der Waals surface area (Å²) in [4.78, 5) is 4.58. The van der Waals surface area contributed by atoms with E-state index in [1.165, 1.54) is 12.0 Å². The van der Waals surface area contributed by atoms with Crippen molar-refractivity contribution in [1.29, 1.82) is 0 Å². The van der Waals surface area contributed by atoms with E-state index in [1.807, 2.05) is 6.07 Å². The molecule has 1 aromatic carbocycles. The van der Waals surface area contributed by atoms with Crippen LogP contribution in [0.25, 0.3) is 0 Å². The summed E-state index contributed by atoms with van der Waals surface area (Å²) in [5, 5.41) is 4.21. The van der Waals surface area contributed by atoms with Crippen LogP contribution in [0, 0.1) is 0 Å². The highest BCUT2D eigenvalue weighted by Crippen LogP contribution is 2.47. The smallest absolute Gasteiger partial charge is 0.226 e. The second-order valence-electron chi connectivity index (χ2n) is 5.21. The SMILES string of the molecule is NCCCc1nc(C2(c3ccccc3)CCC2)no1. The average Bonchev–Trinajstić information content (AvgIpc) is 2.85. The Balaban J connectivity index is 1.88. The van der Waals surface area contributed by atoms with Crippen LogP contribution in [0.3, 0.4) is 0 Å². The molecule has 0 spiro atoms. The van der Waals surface area contributed by atoms with Gasteiger partial charge in [0.1, 0.15) is 0 Å². The van der Waals surface area contributed by atoms with E-state index < -0.39 is 0 Å². The summed E-state index contributed by atoms with van der Waals surface area (Å²) in [6, 6.07) is 10.5. The Bertz CT molecular complexity index is 531. The zero-order valence-corrected chi connectivity index (χ0v) is 11.0. The number of hydrogen-bond donors (Lipinski definition) is 1. The molecule has 0 amide bonds. The summed E-state index contributed by atoms with van der Waals surface area (Å²) in [5.74, 6) is 1.56. The molecule has 1 fully saturated rings. The lowest BCUT2D eigenvalue weighted by atomic mass is 9.64. The van der Waals surface area contributed by atoms with Crippen molar-refractivity contribution in [1.82, 2.24) is 10.1 Å². The molecule has 1 aliphatic rings. The Labute approximate surface area is 113 Å². The molecule has 0 unspecified atom stereocenters. The molecule has 0 aliphatic heterocycles. The fourth-order valence-electron chi connectivity index (χ4n) is 2.73. The average molecular weight is 257 g/mol. The molecular formula is C15H19N3O. The topological polar surface area (TPSA) is 64.9 Å². The molecule has 0 bridgehead atoms. The molecule has 0 radical (unpaired) electrons. The molecule has 4 heteroatoms. The summed E-state index contributed by atoms with van der Waals surface area (Å²) in [7, 11) is 0. The van der Waals surface area contributed by atoms with Crippen LogP contribution in [0.4, 0.5) is 0 Å². The Morgan fingerprint density at radius 2 is 2.00 bits per heavy atom. The Hall–Kier alpha value is -1.68.